The Morgan fingerprint density at radius 1 is 1.13 bits per heavy atom. The number of carbonyl (C=O) groups excluding carboxylic acids is 1. The molecule has 3 rings (SSSR count). The van der Waals surface area contributed by atoms with E-state index in [-0.39, 0.29) is 28.7 Å². The van der Waals surface area contributed by atoms with Crippen molar-refractivity contribution in [3.05, 3.63) is 69.7 Å². The van der Waals surface area contributed by atoms with Gasteiger partial charge in [0.1, 0.15) is 10.8 Å². The lowest BCUT2D eigenvalue weighted by Gasteiger charge is -2.26. The fourth-order valence-electron chi connectivity index (χ4n) is 4.34. The molecule has 0 radical (unpaired) electrons. The minimum absolute atomic E-state index is 0.0204. The molecule has 0 saturated carbocycles. The Morgan fingerprint density at radius 2 is 1.82 bits per heavy atom. The van der Waals surface area contributed by atoms with E-state index in [0.29, 0.717) is 41.8 Å². The van der Waals surface area contributed by atoms with Crippen molar-refractivity contribution < 1.29 is 32.6 Å². The quantitative estimate of drug-likeness (QED) is 0.246. The number of halogens is 3. The van der Waals surface area contributed by atoms with Gasteiger partial charge in [0.2, 0.25) is 5.60 Å². The van der Waals surface area contributed by atoms with Crippen molar-refractivity contribution in [1.29, 1.82) is 0 Å². The Kier molecular flexibility index (Phi) is 9.02. The number of aliphatic carboxylic acids is 1. The normalized spacial score (nSPS) is 13.4. The van der Waals surface area contributed by atoms with Crippen LogP contribution < -0.4 is 4.74 Å². The summed E-state index contributed by atoms with van der Waals surface area (Å²) in [6.45, 7) is 9.01. The van der Waals surface area contributed by atoms with Crippen LogP contribution >= 0.6 is 11.3 Å². The molecule has 5 nitrogen and oxygen atoms in total. The van der Waals surface area contributed by atoms with Crippen LogP contribution in [-0.2, 0) is 17.4 Å². The van der Waals surface area contributed by atoms with Crippen LogP contribution in [0.3, 0.4) is 0 Å². The monoisotopic (exact) mass is 547 g/mol. The molecule has 0 amide bonds. The Morgan fingerprint density at radius 3 is 2.39 bits per heavy atom. The summed E-state index contributed by atoms with van der Waals surface area (Å²) in [4.78, 5) is 30.1. The molecular formula is C29H32F3NO4S. The number of carboxylic acid groups (broad SMARTS) is 1. The molecule has 3 aromatic rings. The van der Waals surface area contributed by atoms with Crippen molar-refractivity contribution in [3.8, 4) is 16.3 Å². The summed E-state index contributed by atoms with van der Waals surface area (Å²) in [6, 6.07) is 10.3. The predicted molar refractivity (Wildman–Crippen MR) is 142 cm³/mol. The number of rotatable bonds is 11. The van der Waals surface area contributed by atoms with Crippen LogP contribution in [0.4, 0.5) is 13.2 Å². The number of aryl methyl sites for hydroxylation is 2. The third-order valence-electron chi connectivity index (χ3n) is 6.34. The third kappa shape index (κ3) is 6.62. The molecular weight excluding hydrogens is 515 g/mol. The van der Waals surface area contributed by atoms with Crippen molar-refractivity contribution in [1.82, 2.24) is 4.98 Å². The van der Waals surface area contributed by atoms with E-state index in [9.17, 15) is 27.9 Å². The van der Waals surface area contributed by atoms with Crippen molar-refractivity contribution in [3.63, 3.8) is 0 Å². The second kappa shape index (κ2) is 11.7. The van der Waals surface area contributed by atoms with Crippen LogP contribution in [0.25, 0.3) is 10.6 Å². The maximum absolute atomic E-state index is 13.6. The van der Waals surface area contributed by atoms with Gasteiger partial charge in [0.25, 0.3) is 0 Å². The molecule has 0 spiro atoms. The summed E-state index contributed by atoms with van der Waals surface area (Å²) in [5.74, 6) is -0.827. The molecule has 38 heavy (non-hydrogen) atoms. The number of nitrogens with zero attached hydrogens (tertiary/aromatic N) is 1. The van der Waals surface area contributed by atoms with E-state index >= 15 is 0 Å². The van der Waals surface area contributed by atoms with Gasteiger partial charge in [-0.1, -0.05) is 45.4 Å². The van der Waals surface area contributed by atoms with Gasteiger partial charge in [-0.15, -0.1) is 11.3 Å². The zero-order valence-corrected chi connectivity index (χ0v) is 22.9. The first-order chi connectivity index (χ1) is 17.8. The molecule has 0 aliphatic carbocycles. The number of thiazole rings is 1. The van der Waals surface area contributed by atoms with Crippen LogP contribution in [0.15, 0.2) is 42.5 Å². The van der Waals surface area contributed by atoms with E-state index in [2.05, 4.69) is 4.98 Å². The van der Waals surface area contributed by atoms with Gasteiger partial charge in [-0.05, 0) is 62.4 Å². The van der Waals surface area contributed by atoms with E-state index in [0.717, 1.165) is 10.9 Å². The van der Waals surface area contributed by atoms with E-state index < -0.39 is 23.3 Å². The predicted octanol–water partition coefficient (Wildman–Crippen LogP) is 8.10. The molecule has 1 unspecified atom stereocenters. The Bertz CT molecular complexity index is 1320. The van der Waals surface area contributed by atoms with E-state index in [1.54, 1.807) is 31.2 Å². The van der Waals surface area contributed by atoms with Crippen molar-refractivity contribution in [2.24, 2.45) is 0 Å². The number of ketones is 1. The van der Waals surface area contributed by atoms with Gasteiger partial charge in [0.05, 0.1) is 11.3 Å². The Labute approximate surface area is 224 Å². The number of carboxylic acids is 1. The molecule has 1 heterocycles. The highest BCUT2D eigenvalue weighted by molar-refractivity contribution is 7.15. The zero-order chi connectivity index (χ0) is 28.3. The van der Waals surface area contributed by atoms with Crippen molar-refractivity contribution in [2.75, 3.05) is 0 Å². The van der Waals surface area contributed by atoms with Gasteiger partial charge in [-0.2, -0.15) is 13.2 Å². The van der Waals surface area contributed by atoms with Gasteiger partial charge < -0.3 is 9.84 Å². The highest BCUT2D eigenvalue weighted by Crippen LogP contribution is 2.40. The largest absolute Gasteiger partial charge is 0.478 e. The second-order valence-electron chi connectivity index (χ2n) is 9.81. The SMILES string of the molecule is CCCC(C)(Oc1ccc(C(=O)CCc2sc(-c3ccccc3C(F)(F)F)nc2C(C)C)c(C)c1)C(=O)O. The standard InChI is InChI=1S/C29H32F3NO4S/c1-6-15-28(5,27(35)36)37-19-11-12-20(18(4)16-19)23(34)13-14-24-25(17(2)3)33-26(38-24)21-9-7-8-10-22(21)29(30,31)32/h7-12,16-17H,6,13-15H2,1-5H3,(H,35,36). The summed E-state index contributed by atoms with van der Waals surface area (Å²) in [7, 11) is 0. The molecule has 0 bridgehead atoms. The summed E-state index contributed by atoms with van der Waals surface area (Å²) in [5.41, 5.74) is -0.226. The minimum atomic E-state index is -4.50. The molecule has 1 aromatic heterocycles. The van der Waals surface area contributed by atoms with Gasteiger partial charge >= 0.3 is 12.1 Å². The minimum Gasteiger partial charge on any atom is -0.478 e. The van der Waals surface area contributed by atoms with Gasteiger partial charge in [0.15, 0.2) is 5.78 Å². The molecule has 0 aliphatic rings. The maximum Gasteiger partial charge on any atom is 0.417 e. The number of carbonyl (C=O) groups is 2. The Balaban J connectivity index is 1.81. The van der Waals surface area contributed by atoms with Crippen LogP contribution in [0, 0.1) is 6.92 Å². The lowest BCUT2D eigenvalue weighted by molar-refractivity contribution is -0.154. The van der Waals surface area contributed by atoms with Crippen LogP contribution in [0.5, 0.6) is 5.75 Å². The first-order valence-corrected chi connectivity index (χ1v) is 13.3. The number of ether oxygens (including phenoxy) is 1. The van der Waals surface area contributed by atoms with E-state index in [4.69, 9.17) is 4.74 Å². The van der Waals surface area contributed by atoms with Crippen LogP contribution in [0.2, 0.25) is 0 Å². The van der Waals surface area contributed by atoms with Gasteiger partial charge in [-0.25, -0.2) is 9.78 Å². The molecule has 0 fully saturated rings. The summed E-state index contributed by atoms with van der Waals surface area (Å²) >= 11 is 1.19. The number of alkyl halides is 3. The van der Waals surface area contributed by atoms with Gasteiger partial charge in [0, 0.05) is 22.4 Å². The molecule has 1 N–H and O–H groups in total. The van der Waals surface area contributed by atoms with Crippen LogP contribution in [-0.4, -0.2) is 27.4 Å². The zero-order valence-electron chi connectivity index (χ0n) is 22.1. The molecule has 0 aliphatic heterocycles. The average Bonchev–Trinajstić information content (AvgIpc) is 3.27. The summed E-state index contributed by atoms with van der Waals surface area (Å²) in [6.07, 6.45) is -3.01. The third-order valence-corrected chi connectivity index (χ3v) is 7.50. The lowest BCUT2D eigenvalue weighted by Crippen LogP contribution is -2.41. The number of hydrogen-bond acceptors (Lipinski definition) is 5. The fraction of sp³-hybridized carbons (Fsp3) is 0.414. The molecule has 1 atom stereocenters. The molecule has 9 heteroatoms. The Hall–Kier alpha value is -3.20. The lowest BCUT2D eigenvalue weighted by atomic mass is 9.98. The van der Waals surface area contributed by atoms with Crippen LogP contribution in [0.1, 0.15) is 84.9 Å². The number of Topliss-reactive ketones (excluding diaryl/α,β-unsaturated/α-hetero) is 1. The number of benzene rings is 2. The molecule has 0 saturated heterocycles. The first kappa shape index (κ1) is 29.4. The number of hydrogen-bond donors (Lipinski definition) is 1. The average molecular weight is 548 g/mol. The molecule has 204 valence electrons. The number of aromatic nitrogens is 1. The highest BCUT2D eigenvalue weighted by atomic mass is 32.1. The summed E-state index contributed by atoms with van der Waals surface area (Å²) < 4.78 is 46.5. The van der Waals surface area contributed by atoms with Gasteiger partial charge in [-0.3, -0.25) is 4.79 Å². The van der Waals surface area contributed by atoms with Crippen molar-refractivity contribution >= 4 is 23.1 Å². The highest BCUT2D eigenvalue weighted by Gasteiger charge is 2.35. The maximum atomic E-state index is 13.6. The molecule has 2 aromatic carbocycles. The first-order valence-electron chi connectivity index (χ1n) is 12.5. The van der Waals surface area contributed by atoms with Crippen molar-refractivity contribution in [2.45, 2.75) is 78.0 Å². The fourth-order valence-corrected chi connectivity index (χ4v) is 5.59. The summed E-state index contributed by atoms with van der Waals surface area (Å²) in [5, 5.41) is 9.85. The topological polar surface area (TPSA) is 76.5 Å². The van der Waals surface area contributed by atoms with E-state index in [1.807, 2.05) is 20.8 Å². The van der Waals surface area contributed by atoms with E-state index in [1.165, 1.54) is 30.4 Å². The smallest absolute Gasteiger partial charge is 0.417 e. The second-order valence-corrected chi connectivity index (χ2v) is 10.9.